The van der Waals surface area contributed by atoms with E-state index in [1.165, 1.54) is 18.9 Å². The zero-order valence-electron chi connectivity index (χ0n) is 14.4. The minimum absolute atomic E-state index is 0.0254. The van der Waals surface area contributed by atoms with Crippen molar-refractivity contribution in [2.24, 2.45) is 5.92 Å². The number of thioether (sulfide) groups is 2. The number of hydrogen-bond acceptors (Lipinski definition) is 8. The highest BCUT2D eigenvalue weighted by Crippen LogP contribution is 2.35. The molecule has 1 unspecified atom stereocenters. The maximum atomic E-state index is 12.5. The largest absolute Gasteiger partial charge is 0.496 e. The Kier molecular flexibility index (Phi) is 6.64. The molecule has 0 N–H and O–H groups in total. The van der Waals surface area contributed by atoms with Crippen molar-refractivity contribution in [1.82, 2.24) is 10.2 Å². The molecule has 0 radical (unpaired) electrons. The molecule has 1 atom stereocenters. The van der Waals surface area contributed by atoms with Crippen LogP contribution in [0.2, 0.25) is 0 Å². The topological polar surface area (TPSA) is 82.3 Å². The lowest BCUT2D eigenvalue weighted by molar-refractivity contribution is 0.251. The summed E-state index contributed by atoms with van der Waals surface area (Å²) in [6.45, 7) is 0. The Balaban J connectivity index is 1.57. The highest BCUT2D eigenvalue weighted by molar-refractivity contribution is 7.99. The van der Waals surface area contributed by atoms with Crippen LogP contribution in [-0.4, -0.2) is 43.0 Å². The Hall–Kier alpha value is -1.33. The Morgan fingerprint density at radius 2 is 2.19 bits per heavy atom. The molecule has 0 amide bonds. The molecule has 1 aromatic carbocycles. The van der Waals surface area contributed by atoms with E-state index >= 15 is 0 Å². The van der Waals surface area contributed by atoms with Crippen molar-refractivity contribution in [3.8, 4) is 5.75 Å². The van der Waals surface area contributed by atoms with Gasteiger partial charge in [0.15, 0.2) is 9.84 Å². The summed E-state index contributed by atoms with van der Waals surface area (Å²) in [6, 6.07) is 5.06. The molecule has 0 bridgehead atoms. The second-order valence-electron chi connectivity index (χ2n) is 6.09. The molecule has 2 aromatic rings. The van der Waals surface area contributed by atoms with Crippen LogP contribution < -0.4 is 4.74 Å². The number of hydrogen-bond donors (Lipinski definition) is 0. The van der Waals surface area contributed by atoms with Gasteiger partial charge in [-0.15, -0.1) is 10.2 Å². The zero-order chi connectivity index (χ0) is 19.4. The molecule has 0 saturated carbocycles. The summed E-state index contributed by atoms with van der Waals surface area (Å²) in [6.07, 6.45) is 1.08. The first-order valence-electron chi connectivity index (χ1n) is 8.12. The van der Waals surface area contributed by atoms with Crippen molar-refractivity contribution < 1.29 is 26.4 Å². The molecule has 0 aliphatic carbocycles. The summed E-state index contributed by atoms with van der Waals surface area (Å²) in [5, 5.41) is 8.33. The van der Waals surface area contributed by atoms with Crippen LogP contribution in [0.1, 0.15) is 17.9 Å². The number of benzene rings is 1. The van der Waals surface area contributed by atoms with Crippen LogP contribution in [0, 0.1) is 5.92 Å². The van der Waals surface area contributed by atoms with Gasteiger partial charge in [0, 0.05) is 12.2 Å². The van der Waals surface area contributed by atoms with Gasteiger partial charge in [-0.25, -0.2) is 8.42 Å². The van der Waals surface area contributed by atoms with Gasteiger partial charge >= 0.3 is 0 Å². The van der Waals surface area contributed by atoms with Gasteiger partial charge in [0.2, 0.25) is 5.89 Å². The summed E-state index contributed by atoms with van der Waals surface area (Å²) in [5.74, 6) is -0.762. The predicted molar refractivity (Wildman–Crippen MR) is 99.2 cm³/mol. The third-order valence-electron chi connectivity index (χ3n) is 4.04. The van der Waals surface area contributed by atoms with E-state index in [1.54, 1.807) is 18.2 Å². The lowest BCUT2D eigenvalue weighted by Crippen LogP contribution is -2.07. The van der Waals surface area contributed by atoms with Gasteiger partial charge in [-0.1, -0.05) is 29.6 Å². The van der Waals surface area contributed by atoms with Gasteiger partial charge in [0.05, 0.1) is 23.5 Å². The van der Waals surface area contributed by atoms with Crippen molar-refractivity contribution in [1.29, 1.82) is 0 Å². The normalized spacial score (nSPS) is 18.9. The van der Waals surface area contributed by atoms with Crippen molar-refractivity contribution >= 4 is 33.4 Å². The fourth-order valence-corrected chi connectivity index (χ4v) is 5.98. The summed E-state index contributed by atoms with van der Waals surface area (Å²) in [5.41, 5.74) is 0.872. The van der Waals surface area contributed by atoms with E-state index in [4.69, 9.17) is 9.15 Å². The summed E-state index contributed by atoms with van der Waals surface area (Å²) < 4.78 is 58.8. The Morgan fingerprint density at radius 1 is 1.37 bits per heavy atom. The molecule has 11 heteroatoms. The van der Waals surface area contributed by atoms with Gasteiger partial charge in [0.25, 0.3) is 11.0 Å². The average molecular weight is 437 g/mol. The fraction of sp³-hybridized carbons (Fsp3) is 0.500. The lowest BCUT2D eigenvalue weighted by atomic mass is 10.1. The molecule has 0 spiro atoms. The lowest BCUT2D eigenvalue weighted by Gasteiger charge is -2.09. The minimum Gasteiger partial charge on any atom is -0.496 e. The highest BCUT2D eigenvalue weighted by atomic mass is 32.2. The second kappa shape index (κ2) is 8.78. The van der Waals surface area contributed by atoms with E-state index in [0.717, 1.165) is 5.56 Å². The van der Waals surface area contributed by atoms with E-state index in [9.17, 15) is 17.2 Å². The molecule has 1 aromatic heterocycles. The minimum atomic E-state index is -2.93. The van der Waals surface area contributed by atoms with Crippen molar-refractivity contribution in [3.63, 3.8) is 0 Å². The van der Waals surface area contributed by atoms with Crippen LogP contribution in [0.25, 0.3) is 0 Å². The standard InChI is InChI=1S/C16H18F2N2O4S3/c1-23-12-6-10(2-3-13(12)26-15(17)18)8-25-16-20-19-14(24-16)7-11-4-5-27(21,22)9-11/h2-3,6,11,15H,4-5,7-9H2,1H3. The molecule has 1 aliphatic rings. The monoisotopic (exact) mass is 436 g/mol. The van der Waals surface area contributed by atoms with Crippen LogP contribution >= 0.6 is 23.5 Å². The van der Waals surface area contributed by atoms with E-state index in [-0.39, 0.29) is 17.4 Å². The van der Waals surface area contributed by atoms with Crippen LogP contribution in [0.5, 0.6) is 5.75 Å². The quantitative estimate of drug-likeness (QED) is 0.580. The molecule has 1 saturated heterocycles. The maximum absolute atomic E-state index is 12.5. The molecule has 3 rings (SSSR count). The van der Waals surface area contributed by atoms with Crippen LogP contribution in [0.3, 0.4) is 0 Å². The number of methoxy groups -OCH3 is 1. The maximum Gasteiger partial charge on any atom is 0.289 e. The Bertz CT molecular complexity index is 890. The number of rotatable bonds is 8. The van der Waals surface area contributed by atoms with Crippen LogP contribution in [0.4, 0.5) is 8.78 Å². The summed E-state index contributed by atoms with van der Waals surface area (Å²) in [7, 11) is -1.49. The summed E-state index contributed by atoms with van der Waals surface area (Å²) in [4.78, 5) is 0.382. The average Bonchev–Trinajstić information content (AvgIpc) is 3.19. The van der Waals surface area contributed by atoms with E-state index in [1.807, 2.05) is 0 Å². The number of alkyl halides is 2. The number of sulfone groups is 1. The van der Waals surface area contributed by atoms with Gasteiger partial charge in [-0.3, -0.25) is 0 Å². The Labute approximate surface area is 164 Å². The van der Waals surface area contributed by atoms with Gasteiger partial charge in [0.1, 0.15) is 5.75 Å². The van der Waals surface area contributed by atoms with E-state index in [2.05, 4.69) is 10.2 Å². The molecular formula is C16H18F2N2O4S3. The number of halogens is 2. The van der Waals surface area contributed by atoms with E-state index in [0.29, 0.717) is 52.1 Å². The molecule has 6 nitrogen and oxygen atoms in total. The molecule has 2 heterocycles. The molecule has 1 fully saturated rings. The number of ether oxygens (including phenoxy) is 1. The first-order valence-corrected chi connectivity index (χ1v) is 11.8. The zero-order valence-corrected chi connectivity index (χ0v) is 16.9. The third kappa shape index (κ3) is 5.82. The first kappa shape index (κ1) is 20.4. The van der Waals surface area contributed by atoms with Gasteiger partial charge < -0.3 is 9.15 Å². The SMILES string of the molecule is COc1cc(CSc2nnc(CC3CCS(=O)(=O)C3)o2)ccc1SC(F)F. The molecular weight excluding hydrogens is 418 g/mol. The molecule has 148 valence electrons. The van der Waals surface area contributed by atoms with Crippen LogP contribution in [-0.2, 0) is 22.0 Å². The fourth-order valence-electron chi connectivity index (χ4n) is 2.80. The Morgan fingerprint density at radius 3 is 2.85 bits per heavy atom. The second-order valence-corrected chi connectivity index (χ2v) is 10.3. The summed E-state index contributed by atoms with van der Waals surface area (Å²) >= 11 is 1.76. The van der Waals surface area contributed by atoms with Crippen molar-refractivity contribution in [3.05, 3.63) is 29.7 Å². The molecule has 1 aliphatic heterocycles. The highest BCUT2D eigenvalue weighted by Gasteiger charge is 2.29. The molecule has 27 heavy (non-hydrogen) atoms. The number of nitrogens with zero attached hydrogens (tertiary/aromatic N) is 2. The van der Waals surface area contributed by atoms with Crippen LogP contribution in [0.15, 0.2) is 32.7 Å². The first-order chi connectivity index (χ1) is 12.8. The predicted octanol–water partition coefficient (Wildman–Crippen LogP) is 3.66. The van der Waals surface area contributed by atoms with Gasteiger partial charge in [-0.2, -0.15) is 8.78 Å². The van der Waals surface area contributed by atoms with Crippen molar-refractivity contribution in [2.45, 2.75) is 34.5 Å². The number of aromatic nitrogens is 2. The van der Waals surface area contributed by atoms with Crippen molar-refractivity contribution in [2.75, 3.05) is 18.6 Å². The van der Waals surface area contributed by atoms with E-state index < -0.39 is 15.6 Å². The smallest absolute Gasteiger partial charge is 0.289 e. The van der Waals surface area contributed by atoms with Gasteiger partial charge in [-0.05, 0) is 30.0 Å². The third-order valence-corrected chi connectivity index (χ3v) is 7.54.